The molecule has 3 fully saturated rings. The zero-order valence-corrected chi connectivity index (χ0v) is 19.1. The molecule has 0 unspecified atom stereocenters. The van der Waals surface area contributed by atoms with Crippen molar-refractivity contribution in [3.63, 3.8) is 0 Å². The lowest BCUT2D eigenvalue weighted by atomic mass is 10.1. The lowest BCUT2D eigenvalue weighted by molar-refractivity contribution is -0.214. The molecule has 0 radical (unpaired) electrons. The number of hydrogen-bond acceptors (Lipinski definition) is 8. The second-order valence-corrected chi connectivity index (χ2v) is 9.21. The SMILES string of the molecule is COC(=O)Cc1ccc(C(=O)O[C@H](CN2CCCCC2)[C@@H]2C[C@H]3OC(C)(C)O[C@H]3O2)cc1. The quantitative estimate of drug-likeness (QED) is 0.590. The van der Waals surface area contributed by atoms with Crippen LogP contribution in [0.25, 0.3) is 0 Å². The topological polar surface area (TPSA) is 83.5 Å². The van der Waals surface area contributed by atoms with Crippen molar-refractivity contribution in [3.8, 4) is 0 Å². The molecule has 3 aliphatic rings. The number of esters is 2. The van der Waals surface area contributed by atoms with Gasteiger partial charge in [0.2, 0.25) is 0 Å². The van der Waals surface area contributed by atoms with E-state index >= 15 is 0 Å². The molecular weight excluding hydrogens is 414 g/mol. The minimum atomic E-state index is -0.661. The Hall–Kier alpha value is -2.00. The highest BCUT2D eigenvalue weighted by atomic mass is 16.8. The second kappa shape index (κ2) is 9.87. The zero-order valence-electron chi connectivity index (χ0n) is 19.1. The average molecular weight is 448 g/mol. The van der Waals surface area contributed by atoms with Crippen LogP contribution in [0.2, 0.25) is 0 Å². The molecule has 3 heterocycles. The third kappa shape index (κ3) is 5.67. The van der Waals surface area contributed by atoms with Crippen LogP contribution in [0.1, 0.15) is 55.5 Å². The minimum absolute atomic E-state index is 0.157. The van der Waals surface area contributed by atoms with E-state index in [1.807, 2.05) is 13.8 Å². The highest BCUT2D eigenvalue weighted by Gasteiger charge is 2.51. The molecule has 0 aromatic heterocycles. The van der Waals surface area contributed by atoms with Gasteiger partial charge in [0.05, 0.1) is 19.1 Å². The van der Waals surface area contributed by atoms with E-state index in [0.717, 1.165) is 31.5 Å². The van der Waals surface area contributed by atoms with Gasteiger partial charge in [-0.2, -0.15) is 0 Å². The minimum Gasteiger partial charge on any atom is -0.469 e. The van der Waals surface area contributed by atoms with Gasteiger partial charge in [0.25, 0.3) is 0 Å². The van der Waals surface area contributed by atoms with Gasteiger partial charge in [-0.15, -0.1) is 0 Å². The lowest BCUT2D eigenvalue weighted by Gasteiger charge is -2.33. The Balaban J connectivity index is 1.42. The Kier molecular flexibility index (Phi) is 7.14. The number of rotatable bonds is 7. The number of methoxy groups -OCH3 is 1. The van der Waals surface area contributed by atoms with E-state index in [9.17, 15) is 9.59 Å². The van der Waals surface area contributed by atoms with Gasteiger partial charge in [0.15, 0.2) is 12.1 Å². The molecule has 0 spiro atoms. The van der Waals surface area contributed by atoms with Gasteiger partial charge < -0.3 is 23.7 Å². The maximum Gasteiger partial charge on any atom is 0.338 e. The van der Waals surface area contributed by atoms with Crippen molar-refractivity contribution < 1.29 is 33.3 Å². The van der Waals surface area contributed by atoms with Gasteiger partial charge in [-0.3, -0.25) is 9.69 Å². The Morgan fingerprint density at radius 3 is 2.50 bits per heavy atom. The van der Waals surface area contributed by atoms with Crippen LogP contribution < -0.4 is 0 Å². The molecule has 3 saturated heterocycles. The van der Waals surface area contributed by atoms with Crippen LogP contribution in [0.5, 0.6) is 0 Å². The van der Waals surface area contributed by atoms with Gasteiger partial charge in [0.1, 0.15) is 18.3 Å². The normalized spacial score (nSPS) is 28.2. The van der Waals surface area contributed by atoms with Gasteiger partial charge in [-0.25, -0.2) is 4.79 Å². The molecule has 1 aromatic rings. The van der Waals surface area contributed by atoms with Crippen molar-refractivity contribution in [3.05, 3.63) is 35.4 Å². The van der Waals surface area contributed by atoms with Gasteiger partial charge in [-0.05, 0) is 57.5 Å². The average Bonchev–Trinajstić information content (AvgIpc) is 3.28. The number of benzene rings is 1. The summed E-state index contributed by atoms with van der Waals surface area (Å²) in [6.07, 6.45) is 3.03. The Labute approximate surface area is 189 Å². The fourth-order valence-corrected chi connectivity index (χ4v) is 4.60. The largest absolute Gasteiger partial charge is 0.469 e. The van der Waals surface area contributed by atoms with Crippen molar-refractivity contribution in [1.82, 2.24) is 4.90 Å². The molecule has 0 N–H and O–H groups in total. The molecule has 0 bridgehead atoms. The summed E-state index contributed by atoms with van der Waals surface area (Å²) in [5, 5.41) is 0. The van der Waals surface area contributed by atoms with Gasteiger partial charge >= 0.3 is 11.9 Å². The van der Waals surface area contributed by atoms with Crippen LogP contribution in [0.4, 0.5) is 0 Å². The van der Waals surface area contributed by atoms with Gasteiger partial charge in [-0.1, -0.05) is 18.6 Å². The highest BCUT2D eigenvalue weighted by Crippen LogP contribution is 2.38. The van der Waals surface area contributed by atoms with Crippen molar-refractivity contribution in [2.75, 3.05) is 26.7 Å². The first-order chi connectivity index (χ1) is 15.3. The fourth-order valence-electron chi connectivity index (χ4n) is 4.60. The van der Waals surface area contributed by atoms with Crippen LogP contribution in [0, 0.1) is 0 Å². The molecule has 0 aliphatic carbocycles. The first-order valence-electron chi connectivity index (χ1n) is 11.4. The summed E-state index contributed by atoms with van der Waals surface area (Å²) in [6, 6.07) is 6.84. The van der Waals surface area contributed by atoms with Crippen LogP contribution in [-0.2, 0) is 34.9 Å². The number of nitrogens with zero attached hydrogens (tertiary/aromatic N) is 1. The van der Waals surface area contributed by atoms with Crippen LogP contribution in [0.15, 0.2) is 24.3 Å². The number of carbonyl (C=O) groups is 2. The first-order valence-corrected chi connectivity index (χ1v) is 11.4. The summed E-state index contributed by atoms with van der Waals surface area (Å²) in [4.78, 5) is 26.7. The summed E-state index contributed by atoms with van der Waals surface area (Å²) in [6.45, 7) is 6.36. The second-order valence-electron chi connectivity index (χ2n) is 9.21. The summed E-state index contributed by atoms with van der Waals surface area (Å²) < 4.78 is 28.6. The van der Waals surface area contributed by atoms with Crippen LogP contribution in [-0.4, -0.2) is 74.0 Å². The van der Waals surface area contributed by atoms with Crippen molar-refractivity contribution >= 4 is 11.9 Å². The van der Waals surface area contributed by atoms with Crippen molar-refractivity contribution in [2.24, 2.45) is 0 Å². The number of carbonyl (C=O) groups excluding carboxylic acids is 2. The molecule has 4 rings (SSSR count). The molecule has 176 valence electrons. The molecule has 3 aliphatic heterocycles. The molecule has 0 amide bonds. The lowest BCUT2D eigenvalue weighted by Crippen LogP contribution is -2.44. The van der Waals surface area contributed by atoms with Crippen molar-refractivity contribution in [1.29, 1.82) is 0 Å². The summed E-state index contributed by atoms with van der Waals surface area (Å²) >= 11 is 0. The van der Waals surface area contributed by atoms with Gasteiger partial charge in [0, 0.05) is 13.0 Å². The maximum atomic E-state index is 12.9. The molecule has 8 nitrogen and oxygen atoms in total. The third-order valence-corrected chi connectivity index (χ3v) is 6.24. The Bertz CT molecular complexity index is 787. The number of hydrogen-bond donors (Lipinski definition) is 0. The monoisotopic (exact) mass is 447 g/mol. The summed E-state index contributed by atoms with van der Waals surface area (Å²) in [5.41, 5.74) is 1.22. The molecule has 1 aromatic carbocycles. The standard InChI is InChI=1S/C24H33NO7/c1-24(2)31-19-14-18(30-23(19)32-24)20(15-25-11-5-4-6-12-25)29-22(27)17-9-7-16(8-10-17)13-21(26)28-3/h7-10,18-20,23H,4-6,11-15H2,1-3H3/t18-,19+,20+,23+/m0/s1. The van der Waals surface area contributed by atoms with E-state index in [0.29, 0.717) is 18.5 Å². The van der Waals surface area contributed by atoms with Crippen LogP contribution >= 0.6 is 0 Å². The van der Waals surface area contributed by atoms with Crippen molar-refractivity contribution in [2.45, 2.75) is 76.3 Å². The fraction of sp³-hybridized carbons (Fsp3) is 0.667. The Morgan fingerprint density at radius 1 is 1.12 bits per heavy atom. The van der Waals surface area contributed by atoms with E-state index in [2.05, 4.69) is 9.64 Å². The molecule has 8 heteroatoms. The number of piperidine rings is 1. The third-order valence-electron chi connectivity index (χ3n) is 6.24. The van der Waals surface area contributed by atoms with E-state index < -0.39 is 24.2 Å². The van der Waals surface area contributed by atoms with Crippen LogP contribution in [0.3, 0.4) is 0 Å². The molecule has 0 saturated carbocycles. The maximum absolute atomic E-state index is 12.9. The molecule has 32 heavy (non-hydrogen) atoms. The molecule has 4 atom stereocenters. The predicted octanol–water partition coefficient (Wildman–Crippen LogP) is 2.68. The van der Waals surface area contributed by atoms with E-state index in [-0.39, 0.29) is 24.6 Å². The van der Waals surface area contributed by atoms with E-state index in [4.69, 9.17) is 18.9 Å². The first kappa shape index (κ1) is 23.2. The predicted molar refractivity (Wildman–Crippen MR) is 115 cm³/mol. The number of likely N-dealkylation sites (tertiary alicyclic amines) is 1. The summed E-state index contributed by atoms with van der Waals surface area (Å²) in [7, 11) is 1.35. The number of fused-ring (bicyclic) bond motifs is 1. The summed E-state index contributed by atoms with van der Waals surface area (Å²) in [5.74, 6) is -1.39. The van der Waals surface area contributed by atoms with E-state index in [1.54, 1.807) is 24.3 Å². The highest BCUT2D eigenvalue weighted by molar-refractivity contribution is 5.89. The zero-order chi connectivity index (χ0) is 22.7. The van der Waals surface area contributed by atoms with E-state index in [1.165, 1.54) is 13.5 Å². The Morgan fingerprint density at radius 2 is 1.84 bits per heavy atom. The molecular formula is C24H33NO7. The number of ether oxygens (including phenoxy) is 5. The smallest absolute Gasteiger partial charge is 0.338 e.